The average molecular weight is 515 g/mol. The van der Waals surface area contributed by atoms with Crippen LogP contribution in [0.1, 0.15) is 69.7 Å². The zero-order valence-electron chi connectivity index (χ0n) is 23.3. The highest BCUT2D eigenvalue weighted by Gasteiger charge is 2.38. The van der Waals surface area contributed by atoms with E-state index in [0.717, 1.165) is 35.3 Å². The van der Waals surface area contributed by atoms with Gasteiger partial charge in [0.25, 0.3) is 0 Å². The minimum atomic E-state index is -0.401. The third kappa shape index (κ3) is 5.88. The van der Waals surface area contributed by atoms with Crippen LogP contribution in [0.25, 0.3) is 17.2 Å². The Morgan fingerprint density at radius 2 is 1.66 bits per heavy atom. The van der Waals surface area contributed by atoms with Gasteiger partial charge in [0.2, 0.25) is 0 Å². The number of ether oxygens (including phenoxy) is 3. The van der Waals surface area contributed by atoms with Crippen molar-refractivity contribution in [2.75, 3.05) is 13.7 Å². The highest BCUT2D eigenvalue weighted by molar-refractivity contribution is 5.88. The summed E-state index contributed by atoms with van der Waals surface area (Å²) >= 11 is 0. The minimum Gasteiger partial charge on any atom is -0.507 e. The second-order valence-electron chi connectivity index (χ2n) is 11.2. The summed E-state index contributed by atoms with van der Waals surface area (Å²) in [5.41, 5.74) is 5.77. The van der Waals surface area contributed by atoms with Crippen LogP contribution in [0, 0.1) is 0 Å². The topological polar surface area (TPSA) is 65.0 Å². The first-order valence-corrected chi connectivity index (χ1v) is 13.2. The Morgan fingerprint density at radius 3 is 2.34 bits per heavy atom. The first kappa shape index (κ1) is 27.3. The summed E-state index contributed by atoms with van der Waals surface area (Å²) in [5.74, 6) is 1.23. The van der Waals surface area contributed by atoms with E-state index in [1.807, 2.05) is 30.3 Å². The Balaban J connectivity index is 1.83. The molecule has 0 fully saturated rings. The predicted molar refractivity (Wildman–Crippen MR) is 152 cm³/mol. The number of aromatic hydroxyl groups is 1. The number of methoxy groups -OCH3 is 1. The average Bonchev–Trinajstić information content (AvgIpc) is 2.89. The molecule has 5 nitrogen and oxygen atoms in total. The molecule has 3 aromatic carbocycles. The monoisotopic (exact) mass is 514 g/mol. The minimum absolute atomic E-state index is 0.00370. The summed E-state index contributed by atoms with van der Waals surface area (Å²) in [6.07, 6.45) is 5.26. The molecule has 1 N–H and O–H groups in total. The maximum absolute atomic E-state index is 11.9. The lowest BCUT2D eigenvalue weighted by Gasteiger charge is -2.42. The van der Waals surface area contributed by atoms with Gasteiger partial charge in [0.05, 0.1) is 13.7 Å². The van der Waals surface area contributed by atoms with Crippen molar-refractivity contribution in [3.63, 3.8) is 0 Å². The molecule has 0 heterocycles. The van der Waals surface area contributed by atoms with Crippen molar-refractivity contribution in [3.05, 3.63) is 82.9 Å². The fourth-order valence-electron chi connectivity index (χ4n) is 5.07. The first-order chi connectivity index (χ1) is 18.0. The van der Waals surface area contributed by atoms with Crippen LogP contribution in [-0.4, -0.2) is 24.8 Å². The number of benzene rings is 3. The van der Waals surface area contributed by atoms with E-state index in [1.165, 1.54) is 17.2 Å². The lowest BCUT2D eigenvalue weighted by Crippen LogP contribution is -2.33. The molecule has 200 valence electrons. The molecular formula is C33H38O5. The number of esters is 1. The Hall–Kier alpha value is -3.73. The van der Waals surface area contributed by atoms with Crippen molar-refractivity contribution < 1.29 is 24.1 Å². The third-order valence-electron chi connectivity index (χ3n) is 7.49. The number of fused-ring (bicyclic) bond motifs is 1. The molecule has 0 unspecified atom stereocenters. The fourth-order valence-corrected chi connectivity index (χ4v) is 5.07. The maximum atomic E-state index is 11.9. The number of hydrogen-bond donors (Lipinski definition) is 1. The van der Waals surface area contributed by atoms with Crippen LogP contribution >= 0.6 is 0 Å². The van der Waals surface area contributed by atoms with Crippen molar-refractivity contribution in [2.24, 2.45) is 0 Å². The smallest absolute Gasteiger partial charge is 0.330 e. The Morgan fingerprint density at radius 1 is 0.947 bits per heavy atom. The van der Waals surface area contributed by atoms with Gasteiger partial charge >= 0.3 is 5.97 Å². The Bertz CT molecular complexity index is 1350. The van der Waals surface area contributed by atoms with Gasteiger partial charge in [0.15, 0.2) is 0 Å². The highest BCUT2D eigenvalue weighted by atomic mass is 16.5. The van der Waals surface area contributed by atoms with E-state index in [-0.39, 0.29) is 16.6 Å². The molecule has 1 aliphatic rings. The number of phenolic OH excluding ortho intramolecular Hbond substituents is 1. The van der Waals surface area contributed by atoms with Crippen LogP contribution in [0.15, 0.2) is 60.7 Å². The first-order valence-electron chi connectivity index (χ1n) is 13.2. The van der Waals surface area contributed by atoms with E-state index in [2.05, 4.69) is 39.8 Å². The third-order valence-corrected chi connectivity index (χ3v) is 7.49. The zero-order valence-corrected chi connectivity index (χ0v) is 23.3. The van der Waals surface area contributed by atoms with Crippen LogP contribution in [0.4, 0.5) is 0 Å². The van der Waals surface area contributed by atoms with Crippen LogP contribution in [0.5, 0.6) is 17.2 Å². The largest absolute Gasteiger partial charge is 0.507 e. The van der Waals surface area contributed by atoms with Crippen molar-refractivity contribution in [1.29, 1.82) is 0 Å². The van der Waals surface area contributed by atoms with E-state index in [9.17, 15) is 9.90 Å². The molecule has 5 heteroatoms. The SMILES string of the molecule is CCOC(=O)C=Cc1ccc(O)c(-c2cc3c(cc2OCc2cccc(OC)c2)C(C)(C)CCC3(C)C)c1. The van der Waals surface area contributed by atoms with Gasteiger partial charge in [0, 0.05) is 17.2 Å². The normalized spacial score (nSPS) is 15.6. The Kier molecular flexibility index (Phi) is 7.86. The van der Waals surface area contributed by atoms with Gasteiger partial charge in [-0.25, -0.2) is 4.79 Å². The number of phenols is 1. The molecule has 0 aliphatic heterocycles. The van der Waals surface area contributed by atoms with Gasteiger partial charge in [-0.05, 0) is 95.3 Å². The zero-order chi connectivity index (χ0) is 27.5. The van der Waals surface area contributed by atoms with Gasteiger partial charge in [-0.3, -0.25) is 0 Å². The number of hydrogen-bond acceptors (Lipinski definition) is 5. The predicted octanol–water partition coefficient (Wildman–Crippen LogP) is 7.57. The molecule has 3 aromatic rings. The van der Waals surface area contributed by atoms with Gasteiger partial charge in [-0.1, -0.05) is 45.9 Å². The second kappa shape index (κ2) is 10.9. The molecule has 38 heavy (non-hydrogen) atoms. The lowest BCUT2D eigenvalue weighted by atomic mass is 9.62. The van der Waals surface area contributed by atoms with E-state index in [4.69, 9.17) is 14.2 Å². The summed E-state index contributed by atoms with van der Waals surface area (Å²) in [6.45, 7) is 11.6. The number of carbonyl (C=O) groups is 1. The van der Waals surface area contributed by atoms with Gasteiger partial charge in [-0.15, -0.1) is 0 Å². The summed E-state index contributed by atoms with van der Waals surface area (Å²) in [6, 6.07) is 17.5. The fraction of sp³-hybridized carbons (Fsp3) is 0.364. The maximum Gasteiger partial charge on any atom is 0.330 e. The van der Waals surface area contributed by atoms with Crippen molar-refractivity contribution >= 4 is 12.0 Å². The summed E-state index contributed by atoms with van der Waals surface area (Å²) in [4.78, 5) is 11.9. The van der Waals surface area contributed by atoms with E-state index in [1.54, 1.807) is 32.2 Å². The highest BCUT2D eigenvalue weighted by Crippen LogP contribution is 2.50. The summed E-state index contributed by atoms with van der Waals surface area (Å²) in [7, 11) is 1.65. The van der Waals surface area contributed by atoms with Crippen molar-refractivity contribution in [2.45, 2.75) is 64.9 Å². The van der Waals surface area contributed by atoms with Crippen LogP contribution in [0.3, 0.4) is 0 Å². The van der Waals surface area contributed by atoms with E-state index >= 15 is 0 Å². The van der Waals surface area contributed by atoms with Crippen LogP contribution in [-0.2, 0) is 27.0 Å². The lowest BCUT2D eigenvalue weighted by molar-refractivity contribution is -0.137. The molecule has 0 radical (unpaired) electrons. The molecule has 0 amide bonds. The van der Waals surface area contributed by atoms with Crippen molar-refractivity contribution in [3.8, 4) is 28.4 Å². The molecular weight excluding hydrogens is 476 g/mol. The number of carbonyl (C=O) groups excluding carboxylic acids is 1. The van der Waals surface area contributed by atoms with Gasteiger partial charge in [0.1, 0.15) is 23.9 Å². The molecule has 0 saturated carbocycles. The molecule has 0 bridgehead atoms. The molecule has 0 spiro atoms. The van der Waals surface area contributed by atoms with Gasteiger partial charge < -0.3 is 19.3 Å². The second-order valence-corrected chi connectivity index (χ2v) is 11.2. The van der Waals surface area contributed by atoms with E-state index in [0.29, 0.717) is 24.5 Å². The standard InChI is InChI=1S/C33H38O5/c1-7-37-31(35)14-12-22-11-13-29(34)25(18-22)26-19-27-28(33(4,5)16-15-32(27,2)3)20-30(26)38-21-23-9-8-10-24(17-23)36-6/h8-14,17-20,34H,7,15-16,21H2,1-6H3. The molecule has 0 saturated heterocycles. The summed E-state index contributed by atoms with van der Waals surface area (Å²) in [5, 5.41) is 11.0. The van der Waals surface area contributed by atoms with E-state index < -0.39 is 5.97 Å². The molecule has 0 aromatic heterocycles. The summed E-state index contributed by atoms with van der Waals surface area (Å²) < 4.78 is 16.9. The Labute approximate surface area is 226 Å². The molecule has 0 atom stereocenters. The van der Waals surface area contributed by atoms with Crippen molar-refractivity contribution in [1.82, 2.24) is 0 Å². The van der Waals surface area contributed by atoms with Crippen LogP contribution in [0.2, 0.25) is 0 Å². The molecule has 1 aliphatic carbocycles. The number of rotatable bonds is 8. The van der Waals surface area contributed by atoms with Gasteiger partial charge in [-0.2, -0.15) is 0 Å². The quantitative estimate of drug-likeness (QED) is 0.248. The van der Waals surface area contributed by atoms with Crippen LogP contribution < -0.4 is 9.47 Å². The molecule has 4 rings (SSSR count).